The third-order valence-corrected chi connectivity index (χ3v) is 4.86. The molecule has 1 aromatic heterocycles. The average Bonchev–Trinajstić information content (AvgIpc) is 2.78. The highest BCUT2D eigenvalue weighted by Crippen LogP contribution is 2.34. The van der Waals surface area contributed by atoms with Gasteiger partial charge >= 0.3 is 0 Å². The SMILES string of the molecule is CC(C)C(CN)NCC1CCCc2sccc21. The van der Waals surface area contributed by atoms with E-state index in [9.17, 15) is 0 Å². The van der Waals surface area contributed by atoms with Crippen molar-refractivity contribution in [2.24, 2.45) is 11.7 Å². The summed E-state index contributed by atoms with van der Waals surface area (Å²) in [6.07, 6.45) is 3.95. The number of nitrogens with two attached hydrogens (primary N) is 1. The van der Waals surface area contributed by atoms with Crippen LogP contribution in [0.15, 0.2) is 11.4 Å². The summed E-state index contributed by atoms with van der Waals surface area (Å²) in [6.45, 7) is 6.30. The van der Waals surface area contributed by atoms with Gasteiger partial charge in [0.05, 0.1) is 0 Å². The van der Waals surface area contributed by atoms with Crippen molar-refractivity contribution in [3.8, 4) is 0 Å². The van der Waals surface area contributed by atoms with Gasteiger partial charge in [0.15, 0.2) is 0 Å². The molecule has 0 spiro atoms. The first-order chi connectivity index (χ1) is 8.22. The maximum atomic E-state index is 5.80. The van der Waals surface area contributed by atoms with Crippen molar-refractivity contribution < 1.29 is 0 Å². The third-order valence-electron chi connectivity index (χ3n) is 3.86. The lowest BCUT2D eigenvalue weighted by molar-refractivity contribution is 0.382. The van der Waals surface area contributed by atoms with E-state index in [1.54, 1.807) is 10.4 Å². The van der Waals surface area contributed by atoms with E-state index in [1.165, 1.54) is 19.3 Å². The summed E-state index contributed by atoms with van der Waals surface area (Å²) >= 11 is 1.92. The van der Waals surface area contributed by atoms with Gasteiger partial charge in [0.1, 0.15) is 0 Å². The van der Waals surface area contributed by atoms with Gasteiger partial charge in [0.2, 0.25) is 0 Å². The van der Waals surface area contributed by atoms with Gasteiger partial charge in [-0.25, -0.2) is 0 Å². The molecule has 0 aliphatic heterocycles. The highest BCUT2D eigenvalue weighted by atomic mass is 32.1. The Labute approximate surface area is 109 Å². The number of aryl methyl sites for hydroxylation is 1. The van der Waals surface area contributed by atoms with E-state index >= 15 is 0 Å². The Morgan fingerprint density at radius 1 is 1.53 bits per heavy atom. The van der Waals surface area contributed by atoms with Crippen molar-refractivity contribution in [1.29, 1.82) is 0 Å². The summed E-state index contributed by atoms with van der Waals surface area (Å²) in [5.41, 5.74) is 7.39. The van der Waals surface area contributed by atoms with E-state index in [4.69, 9.17) is 5.73 Å². The minimum atomic E-state index is 0.457. The number of thiophene rings is 1. The Kier molecular flexibility index (Phi) is 4.60. The fraction of sp³-hybridized carbons (Fsp3) is 0.714. The van der Waals surface area contributed by atoms with Crippen LogP contribution in [0.5, 0.6) is 0 Å². The molecule has 0 fully saturated rings. The predicted octanol–water partition coefficient (Wildman–Crippen LogP) is 2.74. The molecule has 2 unspecified atom stereocenters. The summed E-state index contributed by atoms with van der Waals surface area (Å²) < 4.78 is 0. The van der Waals surface area contributed by atoms with E-state index in [-0.39, 0.29) is 0 Å². The fourth-order valence-electron chi connectivity index (χ4n) is 2.68. The third kappa shape index (κ3) is 3.09. The molecule has 0 saturated carbocycles. The second-order valence-corrected chi connectivity index (χ2v) is 6.38. The van der Waals surface area contributed by atoms with Gasteiger partial charge in [0.25, 0.3) is 0 Å². The van der Waals surface area contributed by atoms with E-state index < -0.39 is 0 Å². The van der Waals surface area contributed by atoms with Gasteiger partial charge in [-0.15, -0.1) is 11.3 Å². The first-order valence-electron chi connectivity index (χ1n) is 6.72. The summed E-state index contributed by atoms with van der Waals surface area (Å²) in [7, 11) is 0. The van der Waals surface area contributed by atoms with Crippen LogP contribution in [0.3, 0.4) is 0 Å². The smallest absolute Gasteiger partial charge is 0.0213 e. The van der Waals surface area contributed by atoms with E-state index in [0.717, 1.165) is 13.1 Å². The summed E-state index contributed by atoms with van der Waals surface area (Å²) in [4.78, 5) is 1.61. The molecule has 2 rings (SSSR count). The Hall–Kier alpha value is -0.380. The van der Waals surface area contributed by atoms with Crippen molar-refractivity contribution in [2.45, 2.75) is 45.1 Å². The van der Waals surface area contributed by atoms with Crippen molar-refractivity contribution in [2.75, 3.05) is 13.1 Å². The number of fused-ring (bicyclic) bond motifs is 1. The van der Waals surface area contributed by atoms with Gasteiger partial charge < -0.3 is 11.1 Å². The van der Waals surface area contributed by atoms with Crippen molar-refractivity contribution in [3.63, 3.8) is 0 Å². The van der Waals surface area contributed by atoms with Crippen LogP contribution in [0, 0.1) is 5.92 Å². The minimum absolute atomic E-state index is 0.457. The quantitative estimate of drug-likeness (QED) is 0.845. The predicted molar refractivity (Wildman–Crippen MR) is 75.7 cm³/mol. The summed E-state index contributed by atoms with van der Waals surface area (Å²) in [6, 6.07) is 2.78. The molecule has 1 heterocycles. The minimum Gasteiger partial charge on any atom is -0.329 e. The molecule has 2 atom stereocenters. The van der Waals surface area contributed by atoms with E-state index in [1.807, 2.05) is 11.3 Å². The van der Waals surface area contributed by atoms with Crippen LogP contribution < -0.4 is 11.1 Å². The maximum Gasteiger partial charge on any atom is 0.0213 e. The van der Waals surface area contributed by atoms with Crippen LogP contribution >= 0.6 is 11.3 Å². The van der Waals surface area contributed by atoms with Crippen LogP contribution in [-0.2, 0) is 6.42 Å². The van der Waals surface area contributed by atoms with E-state index in [2.05, 4.69) is 30.6 Å². The van der Waals surface area contributed by atoms with Crippen molar-refractivity contribution >= 4 is 11.3 Å². The second kappa shape index (κ2) is 5.98. The van der Waals surface area contributed by atoms with Gasteiger partial charge in [-0.1, -0.05) is 13.8 Å². The lowest BCUT2D eigenvalue weighted by Gasteiger charge is -2.27. The Bertz CT molecular complexity index is 346. The standard InChI is InChI=1S/C14H24N2S/c1-10(2)13(8-15)16-9-11-4-3-5-14-12(11)6-7-17-14/h6-7,10-11,13,16H,3-5,8-9,15H2,1-2H3. The molecule has 0 amide bonds. The lowest BCUT2D eigenvalue weighted by Crippen LogP contribution is -2.42. The van der Waals surface area contributed by atoms with Crippen molar-refractivity contribution in [1.82, 2.24) is 5.32 Å². The van der Waals surface area contributed by atoms with Gasteiger partial charge in [-0.3, -0.25) is 0 Å². The first kappa shape index (κ1) is 13.1. The number of nitrogens with one attached hydrogen (secondary N) is 1. The average molecular weight is 252 g/mol. The molecule has 2 nitrogen and oxygen atoms in total. The molecule has 3 N–H and O–H groups in total. The molecule has 1 aliphatic rings. The molecule has 3 heteroatoms. The zero-order chi connectivity index (χ0) is 12.3. The Balaban J connectivity index is 1.93. The molecule has 0 bridgehead atoms. The van der Waals surface area contributed by atoms with Crippen LogP contribution in [0.25, 0.3) is 0 Å². The largest absolute Gasteiger partial charge is 0.329 e. The molecule has 0 aromatic carbocycles. The zero-order valence-corrected chi connectivity index (χ0v) is 11.7. The fourth-order valence-corrected chi connectivity index (χ4v) is 3.69. The van der Waals surface area contributed by atoms with Crippen molar-refractivity contribution in [3.05, 3.63) is 21.9 Å². The van der Waals surface area contributed by atoms with Gasteiger partial charge in [0, 0.05) is 24.0 Å². The molecule has 17 heavy (non-hydrogen) atoms. The maximum absolute atomic E-state index is 5.80. The molecule has 0 radical (unpaired) electrons. The van der Waals surface area contributed by atoms with Crippen LogP contribution in [0.2, 0.25) is 0 Å². The number of hydrogen-bond acceptors (Lipinski definition) is 3. The van der Waals surface area contributed by atoms with Crippen LogP contribution in [0.4, 0.5) is 0 Å². The van der Waals surface area contributed by atoms with Gasteiger partial charge in [-0.2, -0.15) is 0 Å². The molecule has 1 aliphatic carbocycles. The molecular weight excluding hydrogens is 228 g/mol. The molecular formula is C14H24N2S. The summed E-state index contributed by atoms with van der Waals surface area (Å²) in [5, 5.41) is 5.89. The first-order valence-corrected chi connectivity index (χ1v) is 7.60. The zero-order valence-electron chi connectivity index (χ0n) is 10.9. The molecule has 0 saturated heterocycles. The Morgan fingerprint density at radius 3 is 3.06 bits per heavy atom. The normalized spacial score (nSPS) is 21.5. The number of hydrogen-bond donors (Lipinski definition) is 2. The molecule has 96 valence electrons. The number of rotatable bonds is 5. The summed E-state index contributed by atoms with van der Waals surface area (Å²) in [5.74, 6) is 1.32. The van der Waals surface area contributed by atoms with E-state index in [0.29, 0.717) is 17.9 Å². The Morgan fingerprint density at radius 2 is 2.35 bits per heavy atom. The molecule has 1 aromatic rings. The highest BCUT2D eigenvalue weighted by Gasteiger charge is 2.22. The topological polar surface area (TPSA) is 38.0 Å². The second-order valence-electron chi connectivity index (χ2n) is 5.38. The highest BCUT2D eigenvalue weighted by molar-refractivity contribution is 7.10. The monoisotopic (exact) mass is 252 g/mol. The van der Waals surface area contributed by atoms with Crippen LogP contribution in [-0.4, -0.2) is 19.1 Å². The van der Waals surface area contributed by atoms with Gasteiger partial charge in [-0.05, 0) is 48.1 Å². The van der Waals surface area contributed by atoms with Crippen LogP contribution in [0.1, 0.15) is 43.0 Å². The lowest BCUT2D eigenvalue weighted by atomic mass is 9.87.